The van der Waals surface area contributed by atoms with E-state index in [2.05, 4.69) is 13.8 Å². The van der Waals surface area contributed by atoms with Crippen LogP contribution in [0.1, 0.15) is 34.1 Å². The van der Waals surface area contributed by atoms with Gasteiger partial charge in [-0.1, -0.05) is 13.8 Å². The van der Waals surface area contributed by atoms with E-state index in [1.807, 2.05) is 25.6 Å². The SMILES string of the molecule is CC.CC1(C)OCCCS1. The van der Waals surface area contributed by atoms with E-state index in [4.69, 9.17) is 4.74 Å². The molecule has 1 heterocycles. The van der Waals surface area contributed by atoms with Crippen molar-refractivity contribution in [3.05, 3.63) is 0 Å². The average molecular weight is 162 g/mol. The fourth-order valence-electron chi connectivity index (χ4n) is 0.737. The summed E-state index contributed by atoms with van der Waals surface area (Å²) >= 11 is 1.90. The van der Waals surface area contributed by atoms with Crippen LogP contribution in [0.3, 0.4) is 0 Å². The molecule has 0 bridgehead atoms. The van der Waals surface area contributed by atoms with E-state index in [-0.39, 0.29) is 4.93 Å². The molecule has 1 aliphatic rings. The van der Waals surface area contributed by atoms with Crippen molar-refractivity contribution in [2.24, 2.45) is 0 Å². The maximum absolute atomic E-state index is 5.43. The largest absolute Gasteiger partial charge is 0.365 e. The molecule has 0 aromatic carbocycles. The van der Waals surface area contributed by atoms with E-state index in [0.717, 1.165) is 6.61 Å². The summed E-state index contributed by atoms with van der Waals surface area (Å²) in [5.74, 6) is 1.26. The lowest BCUT2D eigenvalue weighted by Gasteiger charge is -2.28. The second-order valence-electron chi connectivity index (χ2n) is 2.45. The van der Waals surface area contributed by atoms with Crippen molar-refractivity contribution in [3.8, 4) is 0 Å². The van der Waals surface area contributed by atoms with E-state index >= 15 is 0 Å². The van der Waals surface area contributed by atoms with Gasteiger partial charge in [-0.15, -0.1) is 11.8 Å². The third-order valence-corrected chi connectivity index (χ3v) is 2.49. The van der Waals surface area contributed by atoms with Gasteiger partial charge in [-0.05, 0) is 26.0 Å². The maximum atomic E-state index is 5.43. The minimum absolute atomic E-state index is 0.0955. The first kappa shape index (κ1) is 10.3. The lowest BCUT2D eigenvalue weighted by atomic mass is 10.4. The van der Waals surface area contributed by atoms with Crippen molar-refractivity contribution in [2.75, 3.05) is 12.4 Å². The van der Waals surface area contributed by atoms with Gasteiger partial charge in [-0.25, -0.2) is 0 Å². The monoisotopic (exact) mass is 162 g/mol. The van der Waals surface area contributed by atoms with E-state index in [0.29, 0.717) is 0 Å². The molecule has 2 heteroatoms. The normalized spacial score (nSPS) is 22.8. The van der Waals surface area contributed by atoms with Gasteiger partial charge in [0.1, 0.15) is 4.93 Å². The Balaban J connectivity index is 0.000000371. The number of rotatable bonds is 0. The highest BCUT2D eigenvalue weighted by atomic mass is 32.2. The molecule has 0 atom stereocenters. The Bertz CT molecular complexity index is 73.3. The van der Waals surface area contributed by atoms with Gasteiger partial charge in [-0.3, -0.25) is 0 Å². The van der Waals surface area contributed by atoms with Crippen LogP contribution in [0.15, 0.2) is 0 Å². The molecule has 10 heavy (non-hydrogen) atoms. The smallest absolute Gasteiger partial charge is 0.108 e. The first-order chi connectivity index (χ1) is 4.71. The summed E-state index contributed by atoms with van der Waals surface area (Å²) in [6, 6.07) is 0. The van der Waals surface area contributed by atoms with Crippen molar-refractivity contribution < 1.29 is 4.74 Å². The van der Waals surface area contributed by atoms with E-state index < -0.39 is 0 Å². The summed E-state index contributed by atoms with van der Waals surface area (Å²) in [5.41, 5.74) is 0. The summed E-state index contributed by atoms with van der Waals surface area (Å²) in [5, 5.41) is 0. The molecule has 0 aromatic rings. The lowest BCUT2D eigenvalue weighted by molar-refractivity contribution is 0.0460. The highest BCUT2D eigenvalue weighted by Crippen LogP contribution is 2.29. The molecule has 0 aliphatic carbocycles. The Labute approximate surface area is 68.5 Å². The fourth-order valence-corrected chi connectivity index (χ4v) is 1.66. The van der Waals surface area contributed by atoms with E-state index in [9.17, 15) is 0 Å². The third-order valence-electron chi connectivity index (χ3n) is 1.19. The molecule has 1 nitrogen and oxygen atoms in total. The van der Waals surface area contributed by atoms with E-state index in [1.165, 1.54) is 12.2 Å². The Morgan fingerprint density at radius 2 is 1.90 bits per heavy atom. The minimum atomic E-state index is 0.0955. The molecule has 0 spiro atoms. The zero-order chi connectivity index (χ0) is 8.04. The summed E-state index contributed by atoms with van der Waals surface area (Å²) in [7, 11) is 0. The molecule has 1 rings (SSSR count). The number of thioether (sulfide) groups is 1. The zero-order valence-electron chi connectivity index (χ0n) is 7.44. The van der Waals surface area contributed by atoms with Crippen molar-refractivity contribution in [2.45, 2.75) is 39.0 Å². The Hall–Kier alpha value is 0.310. The van der Waals surface area contributed by atoms with Crippen LogP contribution in [-0.2, 0) is 4.74 Å². The standard InChI is InChI=1S/C6H12OS.C2H6/c1-6(2)7-4-3-5-8-6;1-2/h3-5H2,1-2H3;1-2H3. The Morgan fingerprint density at radius 3 is 2.10 bits per heavy atom. The van der Waals surface area contributed by atoms with Crippen molar-refractivity contribution in [1.29, 1.82) is 0 Å². The van der Waals surface area contributed by atoms with Crippen LogP contribution in [0.4, 0.5) is 0 Å². The molecule has 0 N–H and O–H groups in total. The number of ether oxygens (including phenoxy) is 1. The predicted octanol–water partition coefficient (Wildman–Crippen LogP) is 2.90. The van der Waals surface area contributed by atoms with Gasteiger partial charge < -0.3 is 4.74 Å². The van der Waals surface area contributed by atoms with Crippen LogP contribution in [0.2, 0.25) is 0 Å². The van der Waals surface area contributed by atoms with Crippen molar-refractivity contribution in [1.82, 2.24) is 0 Å². The van der Waals surface area contributed by atoms with Gasteiger partial charge in [-0.2, -0.15) is 0 Å². The summed E-state index contributed by atoms with van der Waals surface area (Å²) in [4.78, 5) is 0.0955. The highest BCUT2D eigenvalue weighted by molar-refractivity contribution is 8.00. The van der Waals surface area contributed by atoms with Crippen LogP contribution in [0.5, 0.6) is 0 Å². The van der Waals surface area contributed by atoms with Crippen LogP contribution in [0.25, 0.3) is 0 Å². The number of hydrogen-bond donors (Lipinski definition) is 0. The summed E-state index contributed by atoms with van der Waals surface area (Å²) < 4.78 is 5.43. The molecule has 62 valence electrons. The van der Waals surface area contributed by atoms with Crippen molar-refractivity contribution >= 4 is 11.8 Å². The van der Waals surface area contributed by atoms with Crippen LogP contribution in [-0.4, -0.2) is 17.3 Å². The topological polar surface area (TPSA) is 9.23 Å². The van der Waals surface area contributed by atoms with Crippen LogP contribution < -0.4 is 0 Å². The van der Waals surface area contributed by atoms with Gasteiger partial charge in [0.25, 0.3) is 0 Å². The first-order valence-corrected chi connectivity index (χ1v) is 4.97. The molecule has 1 fully saturated rings. The quantitative estimate of drug-likeness (QED) is 0.541. The Kier molecular flexibility index (Phi) is 5.18. The van der Waals surface area contributed by atoms with Crippen molar-refractivity contribution in [3.63, 3.8) is 0 Å². The lowest BCUT2D eigenvalue weighted by Crippen LogP contribution is -2.25. The van der Waals surface area contributed by atoms with E-state index in [1.54, 1.807) is 0 Å². The molecule has 0 radical (unpaired) electrons. The molecule has 0 saturated carbocycles. The van der Waals surface area contributed by atoms with Crippen LogP contribution >= 0.6 is 11.8 Å². The highest BCUT2D eigenvalue weighted by Gasteiger charge is 2.21. The summed E-state index contributed by atoms with van der Waals surface area (Å²) in [6.07, 6.45) is 1.22. The third kappa shape index (κ3) is 4.18. The predicted molar refractivity (Wildman–Crippen MR) is 48.5 cm³/mol. The molecule has 0 aromatic heterocycles. The molecule has 1 saturated heterocycles. The zero-order valence-corrected chi connectivity index (χ0v) is 8.25. The fraction of sp³-hybridized carbons (Fsp3) is 1.00. The minimum Gasteiger partial charge on any atom is -0.365 e. The second-order valence-corrected chi connectivity index (χ2v) is 4.13. The molecule has 0 amide bonds. The molecule has 0 unspecified atom stereocenters. The van der Waals surface area contributed by atoms with Crippen LogP contribution in [0, 0.1) is 0 Å². The summed E-state index contributed by atoms with van der Waals surface area (Å²) in [6.45, 7) is 9.19. The molecular weight excluding hydrogens is 144 g/mol. The average Bonchev–Trinajstić information content (AvgIpc) is 1.92. The van der Waals surface area contributed by atoms with Gasteiger partial charge in [0.2, 0.25) is 0 Å². The Morgan fingerprint density at radius 1 is 1.30 bits per heavy atom. The number of hydrogen-bond acceptors (Lipinski definition) is 2. The van der Waals surface area contributed by atoms with Gasteiger partial charge in [0, 0.05) is 6.61 Å². The maximum Gasteiger partial charge on any atom is 0.108 e. The molecular formula is C8H18OS. The first-order valence-electron chi connectivity index (χ1n) is 3.99. The second kappa shape index (κ2) is 5.03. The van der Waals surface area contributed by atoms with Gasteiger partial charge in [0.15, 0.2) is 0 Å². The van der Waals surface area contributed by atoms with Gasteiger partial charge in [0.05, 0.1) is 0 Å². The van der Waals surface area contributed by atoms with Gasteiger partial charge >= 0.3 is 0 Å². The molecule has 1 aliphatic heterocycles.